The lowest BCUT2D eigenvalue weighted by Crippen LogP contribution is -2.42. The Bertz CT molecular complexity index is 661. The van der Waals surface area contributed by atoms with E-state index >= 15 is 0 Å². The zero-order chi connectivity index (χ0) is 19.3. The molecule has 2 amide bonds. The van der Waals surface area contributed by atoms with Gasteiger partial charge in [0.25, 0.3) is 0 Å². The van der Waals surface area contributed by atoms with Gasteiger partial charge in [-0.3, -0.25) is 14.4 Å². The normalized spacial score (nSPS) is 17.7. The predicted octanol–water partition coefficient (Wildman–Crippen LogP) is 2.93. The molecular weight excluding hydrogens is 332 g/mol. The molecule has 6 nitrogen and oxygen atoms in total. The zero-order valence-electron chi connectivity index (χ0n) is 15.7. The first kappa shape index (κ1) is 19.9. The molecule has 0 saturated carbocycles. The highest BCUT2D eigenvalue weighted by atomic mass is 16.4. The third-order valence-electron chi connectivity index (χ3n) is 4.41. The van der Waals surface area contributed by atoms with Gasteiger partial charge in [-0.15, -0.1) is 0 Å². The highest BCUT2D eigenvalue weighted by molar-refractivity contribution is 5.91. The van der Waals surface area contributed by atoms with Crippen LogP contribution in [0.5, 0.6) is 0 Å². The van der Waals surface area contributed by atoms with Gasteiger partial charge in [0.1, 0.15) is 0 Å². The van der Waals surface area contributed by atoms with Crippen LogP contribution in [0.3, 0.4) is 0 Å². The van der Waals surface area contributed by atoms with Gasteiger partial charge in [-0.1, -0.05) is 32.9 Å². The molecular formula is C20H28N2O4. The number of nitrogens with one attached hydrogen (secondary N) is 1. The number of likely N-dealkylation sites (tertiary alicyclic amines) is 1. The molecule has 0 spiro atoms. The summed E-state index contributed by atoms with van der Waals surface area (Å²) in [5, 5.41) is 12.0. The highest BCUT2D eigenvalue weighted by Crippen LogP contribution is 2.21. The number of anilines is 1. The third kappa shape index (κ3) is 6.17. The van der Waals surface area contributed by atoms with E-state index < -0.39 is 11.9 Å². The first-order valence-corrected chi connectivity index (χ1v) is 9.03. The van der Waals surface area contributed by atoms with E-state index in [4.69, 9.17) is 5.11 Å². The molecule has 0 bridgehead atoms. The molecule has 0 radical (unpaired) electrons. The summed E-state index contributed by atoms with van der Waals surface area (Å²) in [6.07, 6.45) is 2.03. The maximum Gasteiger partial charge on any atom is 0.308 e. The van der Waals surface area contributed by atoms with E-state index in [0.717, 1.165) is 12.0 Å². The van der Waals surface area contributed by atoms with Crippen LogP contribution in [0.25, 0.3) is 0 Å². The number of hydrogen-bond donors (Lipinski definition) is 2. The van der Waals surface area contributed by atoms with Crippen LogP contribution in [0, 0.1) is 11.3 Å². The van der Waals surface area contributed by atoms with Gasteiger partial charge in [0.15, 0.2) is 0 Å². The second kappa shape index (κ2) is 8.34. The fraction of sp³-hybridized carbons (Fsp3) is 0.550. The predicted molar refractivity (Wildman–Crippen MR) is 99.8 cm³/mol. The van der Waals surface area contributed by atoms with Crippen LogP contribution in [-0.4, -0.2) is 40.9 Å². The van der Waals surface area contributed by atoms with Gasteiger partial charge in [-0.05, 0) is 36.0 Å². The Balaban J connectivity index is 1.89. The van der Waals surface area contributed by atoms with Crippen molar-refractivity contribution in [3.63, 3.8) is 0 Å². The largest absolute Gasteiger partial charge is 0.481 e. The summed E-state index contributed by atoms with van der Waals surface area (Å²) in [7, 11) is 0. The molecule has 142 valence electrons. The fourth-order valence-corrected chi connectivity index (χ4v) is 3.08. The first-order chi connectivity index (χ1) is 12.1. The van der Waals surface area contributed by atoms with Crippen LogP contribution in [-0.2, 0) is 20.8 Å². The summed E-state index contributed by atoms with van der Waals surface area (Å²) in [5.41, 5.74) is 1.49. The first-order valence-electron chi connectivity index (χ1n) is 9.03. The maximum absolute atomic E-state index is 12.4. The minimum absolute atomic E-state index is 0.0330. The number of piperidine rings is 1. The molecule has 1 saturated heterocycles. The SMILES string of the molecule is CC(C)(C)CC(=O)Nc1ccc(CC(=O)N2CCC[C@@H](C(=O)O)C2)cc1. The van der Waals surface area contributed by atoms with Crippen molar-refractivity contribution >= 4 is 23.5 Å². The Morgan fingerprint density at radius 2 is 1.85 bits per heavy atom. The number of benzene rings is 1. The van der Waals surface area contributed by atoms with Crippen LogP contribution in [0.1, 0.15) is 45.6 Å². The smallest absolute Gasteiger partial charge is 0.308 e. The molecule has 1 aromatic rings. The summed E-state index contributed by atoms with van der Waals surface area (Å²) in [4.78, 5) is 37.1. The summed E-state index contributed by atoms with van der Waals surface area (Å²) >= 11 is 0. The van der Waals surface area contributed by atoms with Gasteiger partial charge in [-0.2, -0.15) is 0 Å². The average Bonchev–Trinajstić information content (AvgIpc) is 2.55. The van der Waals surface area contributed by atoms with Gasteiger partial charge in [-0.25, -0.2) is 0 Å². The highest BCUT2D eigenvalue weighted by Gasteiger charge is 2.28. The number of nitrogens with zero attached hydrogens (tertiary/aromatic N) is 1. The molecule has 0 unspecified atom stereocenters. The molecule has 2 N–H and O–H groups in total. The standard InChI is InChI=1S/C20H28N2O4/c1-20(2,3)12-17(23)21-16-8-6-14(7-9-16)11-18(24)22-10-4-5-15(13-22)19(25)26/h6-9,15H,4-5,10-13H2,1-3H3,(H,21,23)(H,25,26)/t15-/m1/s1. The van der Waals surface area contributed by atoms with Crippen LogP contribution in [0.4, 0.5) is 5.69 Å². The third-order valence-corrected chi connectivity index (χ3v) is 4.41. The topological polar surface area (TPSA) is 86.7 Å². The van der Waals surface area contributed by atoms with E-state index in [1.54, 1.807) is 17.0 Å². The van der Waals surface area contributed by atoms with E-state index in [9.17, 15) is 14.4 Å². The van der Waals surface area contributed by atoms with E-state index in [1.165, 1.54) is 0 Å². The summed E-state index contributed by atoms with van der Waals surface area (Å²) in [6, 6.07) is 7.23. The van der Waals surface area contributed by atoms with Crippen molar-refractivity contribution in [3.8, 4) is 0 Å². The molecule has 6 heteroatoms. The Labute approximate surface area is 154 Å². The second-order valence-electron chi connectivity index (χ2n) is 8.18. The fourth-order valence-electron chi connectivity index (χ4n) is 3.08. The van der Waals surface area contributed by atoms with E-state index in [-0.39, 0.29) is 30.2 Å². The molecule has 1 aromatic carbocycles. The molecule has 1 atom stereocenters. The minimum atomic E-state index is -0.835. The van der Waals surface area contributed by atoms with Gasteiger partial charge in [0.05, 0.1) is 12.3 Å². The molecule has 1 aliphatic rings. The maximum atomic E-state index is 12.4. The minimum Gasteiger partial charge on any atom is -0.481 e. The number of carboxylic acid groups (broad SMARTS) is 1. The molecule has 0 aromatic heterocycles. The number of carbonyl (C=O) groups excluding carboxylic acids is 2. The Morgan fingerprint density at radius 1 is 1.19 bits per heavy atom. The second-order valence-corrected chi connectivity index (χ2v) is 8.18. The lowest BCUT2D eigenvalue weighted by Gasteiger charge is -2.30. The van der Waals surface area contributed by atoms with Crippen molar-refractivity contribution in [1.29, 1.82) is 0 Å². The molecule has 0 aliphatic carbocycles. The zero-order valence-corrected chi connectivity index (χ0v) is 15.7. The van der Waals surface area contributed by atoms with Crippen LogP contribution in [0.2, 0.25) is 0 Å². The van der Waals surface area contributed by atoms with Crippen molar-refractivity contribution in [1.82, 2.24) is 4.90 Å². The van der Waals surface area contributed by atoms with Crippen molar-refractivity contribution in [2.45, 2.75) is 46.5 Å². The molecule has 1 heterocycles. The van der Waals surface area contributed by atoms with Crippen LogP contribution in [0.15, 0.2) is 24.3 Å². The van der Waals surface area contributed by atoms with E-state index in [0.29, 0.717) is 25.1 Å². The number of rotatable bonds is 5. The molecule has 1 fully saturated rings. The average molecular weight is 360 g/mol. The van der Waals surface area contributed by atoms with Crippen LogP contribution >= 0.6 is 0 Å². The van der Waals surface area contributed by atoms with Crippen molar-refractivity contribution in [3.05, 3.63) is 29.8 Å². The Morgan fingerprint density at radius 3 is 2.42 bits per heavy atom. The number of aliphatic carboxylic acids is 1. The Hall–Kier alpha value is -2.37. The summed E-state index contributed by atoms with van der Waals surface area (Å²) in [6.45, 7) is 6.93. The van der Waals surface area contributed by atoms with Gasteiger partial charge in [0.2, 0.25) is 11.8 Å². The number of amides is 2. The van der Waals surface area contributed by atoms with Gasteiger partial charge < -0.3 is 15.3 Å². The lowest BCUT2D eigenvalue weighted by atomic mass is 9.92. The Kier molecular flexibility index (Phi) is 6.40. The quantitative estimate of drug-likeness (QED) is 0.845. The molecule has 2 rings (SSSR count). The van der Waals surface area contributed by atoms with Crippen LogP contribution < -0.4 is 5.32 Å². The monoisotopic (exact) mass is 360 g/mol. The number of carboxylic acids is 1. The molecule has 1 aliphatic heterocycles. The van der Waals surface area contributed by atoms with Crippen molar-refractivity contribution < 1.29 is 19.5 Å². The van der Waals surface area contributed by atoms with Crippen molar-refractivity contribution in [2.24, 2.45) is 11.3 Å². The van der Waals surface area contributed by atoms with E-state index in [1.807, 2.05) is 32.9 Å². The number of hydrogen-bond acceptors (Lipinski definition) is 3. The lowest BCUT2D eigenvalue weighted by molar-refractivity contribution is -0.145. The van der Waals surface area contributed by atoms with Gasteiger partial charge >= 0.3 is 5.97 Å². The van der Waals surface area contributed by atoms with E-state index in [2.05, 4.69) is 5.32 Å². The number of carbonyl (C=O) groups is 3. The molecule has 26 heavy (non-hydrogen) atoms. The summed E-state index contributed by atoms with van der Waals surface area (Å²) < 4.78 is 0. The van der Waals surface area contributed by atoms with Gasteiger partial charge in [0, 0.05) is 25.2 Å². The summed E-state index contributed by atoms with van der Waals surface area (Å²) in [5.74, 6) is -1.39. The van der Waals surface area contributed by atoms with Crippen molar-refractivity contribution in [2.75, 3.05) is 18.4 Å².